The molecule has 3 rings (SSSR count). The summed E-state index contributed by atoms with van der Waals surface area (Å²) in [6.45, 7) is 5.96. The zero-order chi connectivity index (χ0) is 17.3. The van der Waals surface area contributed by atoms with E-state index in [1.54, 1.807) is 11.5 Å². The minimum atomic E-state index is -0.162. The Morgan fingerprint density at radius 1 is 1.21 bits per heavy atom. The Morgan fingerprint density at radius 2 is 1.92 bits per heavy atom. The van der Waals surface area contributed by atoms with Gasteiger partial charge in [0, 0.05) is 11.9 Å². The molecule has 2 heterocycles. The number of methoxy groups -OCH3 is 1. The molecule has 0 spiro atoms. The summed E-state index contributed by atoms with van der Waals surface area (Å²) in [5.74, 6) is 0.489. The highest BCUT2D eigenvalue weighted by atomic mass is 16.5. The number of hydrogen-bond donors (Lipinski definition) is 1. The summed E-state index contributed by atoms with van der Waals surface area (Å²) in [6, 6.07) is 9.65. The Morgan fingerprint density at radius 3 is 2.54 bits per heavy atom. The number of fused-ring (bicyclic) bond motifs is 1. The first-order valence-corrected chi connectivity index (χ1v) is 7.98. The van der Waals surface area contributed by atoms with Gasteiger partial charge in [-0.25, -0.2) is 4.98 Å². The van der Waals surface area contributed by atoms with Crippen LogP contribution in [0.2, 0.25) is 0 Å². The quantitative estimate of drug-likeness (QED) is 0.795. The van der Waals surface area contributed by atoms with Crippen LogP contribution in [-0.4, -0.2) is 22.4 Å². The minimum absolute atomic E-state index is 0.162. The molecule has 0 fully saturated rings. The second-order valence-electron chi connectivity index (χ2n) is 5.75. The number of anilines is 1. The number of benzene rings is 1. The molecule has 0 unspecified atom stereocenters. The standard InChI is InChI=1S/C19H21N3O2/c1-5-14-17(22-11-7-10-15(24-4)18(22)20-14)19(23)21-16-12(2)8-6-9-13(16)3/h6-11H,5H2,1-4H3,(H,21,23). The van der Waals surface area contributed by atoms with E-state index in [1.807, 2.05) is 57.3 Å². The summed E-state index contributed by atoms with van der Waals surface area (Å²) in [5, 5.41) is 3.04. The maximum Gasteiger partial charge on any atom is 0.274 e. The summed E-state index contributed by atoms with van der Waals surface area (Å²) in [5.41, 5.74) is 4.88. The van der Waals surface area contributed by atoms with Gasteiger partial charge < -0.3 is 10.1 Å². The van der Waals surface area contributed by atoms with Gasteiger partial charge in [0.15, 0.2) is 11.4 Å². The number of carbonyl (C=O) groups excluding carboxylic acids is 1. The number of para-hydroxylation sites is 1. The molecule has 1 amide bonds. The molecule has 0 bridgehead atoms. The number of nitrogens with zero attached hydrogens (tertiary/aromatic N) is 2. The van der Waals surface area contributed by atoms with E-state index < -0.39 is 0 Å². The molecule has 3 aromatic rings. The third kappa shape index (κ3) is 2.62. The molecule has 1 N–H and O–H groups in total. The van der Waals surface area contributed by atoms with Crippen molar-refractivity contribution in [3.05, 3.63) is 59.0 Å². The first-order valence-electron chi connectivity index (χ1n) is 7.98. The first-order chi connectivity index (χ1) is 11.6. The van der Waals surface area contributed by atoms with E-state index in [-0.39, 0.29) is 5.91 Å². The predicted octanol–water partition coefficient (Wildman–Crippen LogP) is 3.77. The van der Waals surface area contributed by atoms with E-state index >= 15 is 0 Å². The largest absolute Gasteiger partial charge is 0.493 e. The molecule has 124 valence electrons. The van der Waals surface area contributed by atoms with Crippen LogP contribution in [0.25, 0.3) is 5.65 Å². The topological polar surface area (TPSA) is 55.6 Å². The van der Waals surface area contributed by atoms with Gasteiger partial charge in [0.1, 0.15) is 5.69 Å². The number of aryl methyl sites for hydroxylation is 3. The highest BCUT2D eigenvalue weighted by molar-refractivity contribution is 6.05. The third-order valence-electron chi connectivity index (χ3n) is 4.18. The molecule has 2 aromatic heterocycles. The molecule has 0 aliphatic carbocycles. The number of ether oxygens (including phenoxy) is 1. The lowest BCUT2D eigenvalue weighted by atomic mass is 10.1. The van der Waals surface area contributed by atoms with Gasteiger partial charge in [-0.05, 0) is 43.5 Å². The molecule has 0 saturated heterocycles. The summed E-state index contributed by atoms with van der Waals surface area (Å²) >= 11 is 0. The molecule has 24 heavy (non-hydrogen) atoms. The van der Waals surface area contributed by atoms with E-state index in [2.05, 4.69) is 10.3 Å². The number of hydrogen-bond acceptors (Lipinski definition) is 3. The van der Waals surface area contributed by atoms with Gasteiger partial charge in [-0.3, -0.25) is 9.20 Å². The lowest BCUT2D eigenvalue weighted by Crippen LogP contribution is -2.17. The Kier molecular flexibility index (Phi) is 4.25. The number of carbonyl (C=O) groups is 1. The van der Waals surface area contributed by atoms with Crippen molar-refractivity contribution in [1.29, 1.82) is 0 Å². The molecule has 0 aliphatic rings. The van der Waals surface area contributed by atoms with Gasteiger partial charge in [-0.15, -0.1) is 0 Å². The molecule has 5 heteroatoms. The molecule has 1 aromatic carbocycles. The van der Waals surface area contributed by atoms with Gasteiger partial charge in [0.2, 0.25) is 0 Å². The highest BCUT2D eigenvalue weighted by Crippen LogP contribution is 2.25. The fraction of sp³-hybridized carbons (Fsp3) is 0.263. The lowest BCUT2D eigenvalue weighted by Gasteiger charge is -2.12. The van der Waals surface area contributed by atoms with Crippen molar-refractivity contribution in [3.8, 4) is 5.75 Å². The van der Waals surface area contributed by atoms with Crippen LogP contribution in [-0.2, 0) is 6.42 Å². The van der Waals surface area contributed by atoms with E-state index in [0.717, 1.165) is 22.5 Å². The van der Waals surface area contributed by atoms with Gasteiger partial charge in [-0.1, -0.05) is 25.1 Å². The molecule has 0 saturated carbocycles. The smallest absolute Gasteiger partial charge is 0.274 e. The van der Waals surface area contributed by atoms with Crippen molar-refractivity contribution < 1.29 is 9.53 Å². The molecular formula is C19H21N3O2. The summed E-state index contributed by atoms with van der Waals surface area (Å²) in [4.78, 5) is 17.5. The van der Waals surface area contributed by atoms with Crippen molar-refractivity contribution in [1.82, 2.24) is 9.38 Å². The number of imidazole rings is 1. The van der Waals surface area contributed by atoms with E-state index in [4.69, 9.17) is 4.74 Å². The molecule has 5 nitrogen and oxygen atoms in total. The van der Waals surface area contributed by atoms with Gasteiger partial charge in [-0.2, -0.15) is 0 Å². The van der Waals surface area contributed by atoms with Crippen LogP contribution in [0, 0.1) is 13.8 Å². The zero-order valence-electron chi connectivity index (χ0n) is 14.4. The monoisotopic (exact) mass is 323 g/mol. The van der Waals surface area contributed by atoms with Gasteiger partial charge in [0.05, 0.1) is 12.8 Å². The normalized spacial score (nSPS) is 10.8. The predicted molar refractivity (Wildman–Crippen MR) is 95.0 cm³/mol. The minimum Gasteiger partial charge on any atom is -0.493 e. The SMILES string of the molecule is CCc1nc2c(OC)cccn2c1C(=O)Nc1c(C)cccc1C. The van der Waals surface area contributed by atoms with Crippen molar-refractivity contribution >= 4 is 17.2 Å². The van der Waals surface area contributed by atoms with Crippen LogP contribution in [0.5, 0.6) is 5.75 Å². The Labute approximate surface area is 141 Å². The Balaban J connectivity index is 2.10. The average Bonchev–Trinajstić information content (AvgIpc) is 2.96. The van der Waals surface area contributed by atoms with Crippen LogP contribution in [0.1, 0.15) is 34.2 Å². The second kappa shape index (κ2) is 6.35. The van der Waals surface area contributed by atoms with Gasteiger partial charge in [0.25, 0.3) is 5.91 Å². The van der Waals surface area contributed by atoms with Crippen LogP contribution in [0.4, 0.5) is 5.69 Å². The van der Waals surface area contributed by atoms with Gasteiger partial charge >= 0.3 is 0 Å². The van der Waals surface area contributed by atoms with E-state index in [0.29, 0.717) is 23.5 Å². The highest BCUT2D eigenvalue weighted by Gasteiger charge is 2.21. The van der Waals surface area contributed by atoms with Crippen LogP contribution >= 0.6 is 0 Å². The summed E-state index contributed by atoms with van der Waals surface area (Å²) in [7, 11) is 1.60. The van der Waals surface area contributed by atoms with Crippen molar-refractivity contribution in [2.45, 2.75) is 27.2 Å². The molecular weight excluding hydrogens is 302 g/mol. The fourth-order valence-corrected chi connectivity index (χ4v) is 2.92. The lowest BCUT2D eigenvalue weighted by molar-refractivity contribution is 0.102. The van der Waals surface area contributed by atoms with Crippen LogP contribution < -0.4 is 10.1 Å². The number of rotatable bonds is 4. The molecule has 0 aliphatic heterocycles. The zero-order valence-corrected chi connectivity index (χ0v) is 14.4. The molecule has 0 radical (unpaired) electrons. The Hall–Kier alpha value is -2.82. The van der Waals surface area contributed by atoms with Crippen LogP contribution in [0.15, 0.2) is 36.5 Å². The van der Waals surface area contributed by atoms with Crippen molar-refractivity contribution in [2.75, 3.05) is 12.4 Å². The first kappa shape index (κ1) is 16.1. The molecule has 0 atom stereocenters. The number of amides is 1. The number of pyridine rings is 1. The Bertz CT molecular complexity index is 892. The number of aromatic nitrogens is 2. The van der Waals surface area contributed by atoms with E-state index in [9.17, 15) is 4.79 Å². The summed E-state index contributed by atoms with van der Waals surface area (Å²) in [6.07, 6.45) is 2.50. The maximum atomic E-state index is 13.0. The summed E-state index contributed by atoms with van der Waals surface area (Å²) < 4.78 is 7.15. The maximum absolute atomic E-state index is 13.0. The fourth-order valence-electron chi connectivity index (χ4n) is 2.92. The second-order valence-corrected chi connectivity index (χ2v) is 5.75. The van der Waals surface area contributed by atoms with E-state index in [1.165, 1.54) is 0 Å². The average molecular weight is 323 g/mol. The third-order valence-corrected chi connectivity index (χ3v) is 4.18. The number of nitrogens with one attached hydrogen (secondary N) is 1. The van der Waals surface area contributed by atoms with Crippen molar-refractivity contribution in [3.63, 3.8) is 0 Å². The van der Waals surface area contributed by atoms with Crippen molar-refractivity contribution in [2.24, 2.45) is 0 Å². The van der Waals surface area contributed by atoms with Crippen LogP contribution in [0.3, 0.4) is 0 Å².